The number of ether oxygens (including phenoxy) is 1. The summed E-state index contributed by atoms with van der Waals surface area (Å²) in [5.41, 5.74) is -0.00536. The van der Waals surface area contributed by atoms with Gasteiger partial charge in [0.2, 0.25) is 0 Å². The minimum atomic E-state index is -0.821. The van der Waals surface area contributed by atoms with E-state index in [2.05, 4.69) is 0 Å². The summed E-state index contributed by atoms with van der Waals surface area (Å²) in [6.45, 7) is 3.22. The Kier molecular flexibility index (Phi) is 4.99. The molecule has 6 nitrogen and oxygen atoms in total. The van der Waals surface area contributed by atoms with Gasteiger partial charge in [0.25, 0.3) is 0 Å². The van der Waals surface area contributed by atoms with Crippen molar-refractivity contribution in [3.63, 3.8) is 0 Å². The van der Waals surface area contributed by atoms with Crippen LogP contribution in [-0.4, -0.2) is 27.7 Å². The lowest BCUT2D eigenvalue weighted by atomic mass is 9.81. The van der Waals surface area contributed by atoms with Crippen molar-refractivity contribution in [3.05, 3.63) is 58.1 Å². The number of phenolic OH excluding ortho intramolecular Hbond substituents is 2. The highest BCUT2D eigenvalue weighted by molar-refractivity contribution is 6.30. The van der Waals surface area contributed by atoms with Crippen LogP contribution >= 0.6 is 0 Å². The molecule has 6 heteroatoms. The van der Waals surface area contributed by atoms with E-state index >= 15 is 0 Å². The second kappa shape index (κ2) is 7.23. The molecule has 0 aromatic heterocycles. The van der Waals surface area contributed by atoms with Gasteiger partial charge >= 0.3 is 5.97 Å². The third-order valence-electron chi connectivity index (χ3n) is 4.65. The average Bonchev–Trinajstić information content (AvgIpc) is 2.64. The molecule has 0 saturated carbocycles. The van der Waals surface area contributed by atoms with Gasteiger partial charge in [0.1, 0.15) is 17.6 Å². The first-order valence-electron chi connectivity index (χ1n) is 8.81. The number of benzene rings is 2. The van der Waals surface area contributed by atoms with Crippen LogP contribution in [0.2, 0.25) is 0 Å². The lowest BCUT2D eigenvalue weighted by Gasteiger charge is -2.24. The minimum Gasteiger partial charge on any atom is -0.507 e. The summed E-state index contributed by atoms with van der Waals surface area (Å²) in [6.07, 6.45) is 1.14. The van der Waals surface area contributed by atoms with Crippen LogP contribution in [0.4, 0.5) is 0 Å². The lowest BCUT2D eigenvalue weighted by molar-refractivity contribution is -0.147. The predicted octanol–water partition coefficient (Wildman–Crippen LogP) is 3.67. The molecule has 0 radical (unpaired) electrons. The van der Waals surface area contributed by atoms with E-state index in [9.17, 15) is 24.6 Å². The molecule has 2 N–H and O–H groups in total. The maximum absolute atomic E-state index is 12.9. The zero-order valence-corrected chi connectivity index (χ0v) is 15.1. The largest absolute Gasteiger partial charge is 0.507 e. The summed E-state index contributed by atoms with van der Waals surface area (Å²) in [7, 11) is 0. The quantitative estimate of drug-likeness (QED) is 0.526. The third kappa shape index (κ3) is 3.18. The molecular weight excluding hydrogens is 348 g/mol. The number of hydrogen-bond acceptors (Lipinski definition) is 6. The number of hydrogen-bond donors (Lipinski definition) is 2. The van der Waals surface area contributed by atoms with E-state index in [4.69, 9.17) is 4.74 Å². The highest BCUT2D eigenvalue weighted by atomic mass is 16.5. The Bertz CT molecular complexity index is 944. The molecule has 0 spiro atoms. The van der Waals surface area contributed by atoms with Gasteiger partial charge in [0, 0.05) is 23.6 Å². The van der Waals surface area contributed by atoms with Crippen LogP contribution in [0.25, 0.3) is 0 Å². The van der Waals surface area contributed by atoms with E-state index in [0.29, 0.717) is 12.8 Å². The molecule has 0 fully saturated rings. The van der Waals surface area contributed by atoms with E-state index in [1.54, 1.807) is 12.1 Å². The smallest absolute Gasteiger partial charge is 0.303 e. The maximum atomic E-state index is 12.9. The van der Waals surface area contributed by atoms with E-state index in [1.807, 2.05) is 6.92 Å². The van der Waals surface area contributed by atoms with Crippen LogP contribution in [0.3, 0.4) is 0 Å². The summed E-state index contributed by atoms with van der Waals surface area (Å²) in [6, 6.07) is 7.46. The Labute approximate surface area is 156 Å². The second-order valence-electron chi connectivity index (χ2n) is 6.53. The molecule has 0 saturated heterocycles. The Balaban J connectivity index is 2.18. The monoisotopic (exact) mass is 368 g/mol. The highest BCUT2D eigenvalue weighted by Crippen LogP contribution is 2.43. The fourth-order valence-corrected chi connectivity index (χ4v) is 3.39. The van der Waals surface area contributed by atoms with Gasteiger partial charge in [0.15, 0.2) is 11.6 Å². The zero-order chi connectivity index (χ0) is 19.7. The van der Waals surface area contributed by atoms with Crippen molar-refractivity contribution in [2.75, 3.05) is 0 Å². The number of fused-ring (bicyclic) bond motifs is 2. The summed E-state index contributed by atoms with van der Waals surface area (Å²) >= 11 is 0. The summed E-state index contributed by atoms with van der Waals surface area (Å²) in [5, 5.41) is 21.2. The first kappa shape index (κ1) is 18.6. The van der Waals surface area contributed by atoms with Gasteiger partial charge in [0.05, 0.1) is 11.1 Å². The van der Waals surface area contributed by atoms with Gasteiger partial charge in [-0.1, -0.05) is 37.6 Å². The van der Waals surface area contributed by atoms with Crippen molar-refractivity contribution < 1.29 is 29.3 Å². The fraction of sp³-hybridized carbons (Fsp3) is 0.286. The normalized spacial score (nSPS) is 13.7. The molecule has 1 unspecified atom stereocenters. The van der Waals surface area contributed by atoms with E-state index < -0.39 is 35.1 Å². The third-order valence-corrected chi connectivity index (χ3v) is 4.65. The molecule has 0 aliphatic heterocycles. The minimum absolute atomic E-state index is 0.121. The van der Waals surface area contributed by atoms with Crippen molar-refractivity contribution in [3.8, 4) is 11.5 Å². The van der Waals surface area contributed by atoms with Gasteiger partial charge in [-0.05, 0) is 18.9 Å². The van der Waals surface area contributed by atoms with Crippen LogP contribution in [-0.2, 0) is 9.53 Å². The van der Waals surface area contributed by atoms with Crippen LogP contribution in [0.5, 0.6) is 11.5 Å². The van der Waals surface area contributed by atoms with E-state index in [1.165, 1.54) is 25.1 Å². The van der Waals surface area contributed by atoms with Gasteiger partial charge in [-0.25, -0.2) is 0 Å². The maximum Gasteiger partial charge on any atom is 0.303 e. The molecule has 0 bridgehead atoms. The van der Waals surface area contributed by atoms with Crippen LogP contribution in [0.1, 0.15) is 76.6 Å². The molecule has 0 heterocycles. The lowest BCUT2D eigenvalue weighted by Crippen LogP contribution is -2.22. The predicted molar refractivity (Wildman–Crippen MR) is 97.1 cm³/mol. The molecular formula is C21H20O6. The van der Waals surface area contributed by atoms with Crippen LogP contribution in [0.15, 0.2) is 30.3 Å². The Hall–Kier alpha value is -3.15. The van der Waals surface area contributed by atoms with Crippen LogP contribution in [0, 0.1) is 0 Å². The number of aromatic hydroxyl groups is 2. The van der Waals surface area contributed by atoms with Crippen molar-refractivity contribution >= 4 is 17.5 Å². The van der Waals surface area contributed by atoms with Crippen molar-refractivity contribution in [2.24, 2.45) is 0 Å². The number of phenols is 2. The molecule has 140 valence electrons. The van der Waals surface area contributed by atoms with Gasteiger partial charge in [-0.3, -0.25) is 14.4 Å². The fourth-order valence-electron chi connectivity index (χ4n) is 3.39. The topological polar surface area (TPSA) is 101 Å². The number of rotatable bonds is 5. The number of ketones is 2. The molecule has 27 heavy (non-hydrogen) atoms. The first-order valence-corrected chi connectivity index (χ1v) is 8.81. The Morgan fingerprint density at radius 3 is 2.22 bits per heavy atom. The summed E-state index contributed by atoms with van der Waals surface area (Å²) < 4.78 is 5.29. The highest BCUT2D eigenvalue weighted by Gasteiger charge is 2.36. The average molecular weight is 368 g/mol. The molecule has 1 aliphatic carbocycles. The number of unbranched alkanes of at least 4 members (excludes halogenated alkanes) is 1. The number of carbonyl (C=O) groups is 3. The van der Waals surface area contributed by atoms with Gasteiger partial charge < -0.3 is 14.9 Å². The molecule has 0 amide bonds. The summed E-state index contributed by atoms with van der Waals surface area (Å²) in [5.74, 6) is -2.47. The Morgan fingerprint density at radius 2 is 1.67 bits per heavy atom. The molecule has 3 rings (SSSR count). The standard InChI is InChI=1S/C21H20O6/c1-3-4-9-16(27-11(2)22)14-10-15(23)17-18(21(14)26)20(25)13-8-6-5-7-12(13)19(17)24/h5-8,10,16,23,26H,3-4,9H2,1-2H3. The zero-order valence-electron chi connectivity index (χ0n) is 15.1. The van der Waals surface area contributed by atoms with Crippen molar-refractivity contribution in [1.29, 1.82) is 0 Å². The van der Waals surface area contributed by atoms with E-state index in [-0.39, 0.29) is 27.8 Å². The molecule has 2 aromatic carbocycles. The van der Waals surface area contributed by atoms with E-state index in [0.717, 1.165) is 6.42 Å². The Morgan fingerprint density at radius 1 is 1.07 bits per heavy atom. The van der Waals surface area contributed by atoms with Gasteiger partial charge in [-0.15, -0.1) is 0 Å². The van der Waals surface area contributed by atoms with Crippen LogP contribution < -0.4 is 0 Å². The number of esters is 1. The first-order chi connectivity index (χ1) is 12.9. The molecule has 2 aromatic rings. The molecule has 1 atom stereocenters. The van der Waals surface area contributed by atoms with Gasteiger partial charge in [-0.2, -0.15) is 0 Å². The number of carbonyl (C=O) groups excluding carboxylic acids is 3. The SMILES string of the molecule is CCCCC(OC(C)=O)c1cc(O)c2c(c1O)C(=O)c1ccccc1C2=O. The van der Waals surface area contributed by atoms with Crippen molar-refractivity contribution in [1.82, 2.24) is 0 Å². The summed E-state index contributed by atoms with van der Waals surface area (Å²) in [4.78, 5) is 37.1. The second-order valence-corrected chi connectivity index (χ2v) is 6.53. The van der Waals surface area contributed by atoms with Crippen molar-refractivity contribution in [2.45, 2.75) is 39.2 Å². The molecule has 1 aliphatic rings.